The normalized spacial score (nSPS) is 14.4. The molecule has 6 nitrogen and oxygen atoms in total. The number of ether oxygens (including phenoxy) is 2. The Kier molecular flexibility index (Phi) is 7.37. The Morgan fingerprint density at radius 3 is 2.34 bits per heavy atom. The summed E-state index contributed by atoms with van der Waals surface area (Å²) >= 11 is 3.46. The monoisotopic (exact) mass is 609 g/mol. The fraction of sp³-hybridized carbons (Fsp3) is 0.176. The van der Waals surface area contributed by atoms with Gasteiger partial charge in [-0.1, -0.05) is 71.4 Å². The molecule has 0 spiro atoms. The zero-order chi connectivity index (χ0) is 28.5. The maximum atomic E-state index is 14.0. The number of halogens is 1. The van der Waals surface area contributed by atoms with Crippen LogP contribution in [0.3, 0.4) is 0 Å². The topological polar surface area (TPSA) is 69.0 Å². The van der Waals surface area contributed by atoms with E-state index < -0.39 is 6.04 Å². The van der Waals surface area contributed by atoms with Gasteiger partial charge >= 0.3 is 0 Å². The van der Waals surface area contributed by atoms with Gasteiger partial charge in [-0.15, -0.1) is 0 Å². The molecule has 1 unspecified atom stereocenters. The van der Waals surface area contributed by atoms with Crippen molar-refractivity contribution in [3.63, 3.8) is 0 Å². The Labute approximate surface area is 246 Å². The Morgan fingerprint density at radius 1 is 0.829 bits per heavy atom. The second-order valence-corrected chi connectivity index (χ2v) is 10.7. The van der Waals surface area contributed by atoms with Crippen LogP contribution in [0.1, 0.15) is 52.7 Å². The summed E-state index contributed by atoms with van der Waals surface area (Å²) in [6.45, 7) is 4.79. The maximum Gasteiger partial charge on any atom is 0.295 e. The third-order valence-electron chi connectivity index (χ3n) is 7.28. The predicted molar refractivity (Wildman–Crippen MR) is 163 cm³/mol. The molecule has 5 aromatic rings. The number of carbonyl (C=O) groups excluding carboxylic acids is 1. The van der Waals surface area contributed by atoms with E-state index in [9.17, 15) is 9.59 Å². The molecule has 6 rings (SSSR count). The first-order chi connectivity index (χ1) is 20.0. The van der Waals surface area contributed by atoms with Gasteiger partial charge in [-0.2, -0.15) is 0 Å². The van der Waals surface area contributed by atoms with E-state index in [0.717, 1.165) is 22.0 Å². The molecule has 0 N–H and O–H groups in total. The van der Waals surface area contributed by atoms with E-state index in [0.29, 0.717) is 52.5 Å². The molecule has 1 aliphatic heterocycles. The number of hydrogen-bond donors (Lipinski definition) is 0. The van der Waals surface area contributed by atoms with E-state index in [1.165, 1.54) is 0 Å². The van der Waals surface area contributed by atoms with E-state index in [4.69, 9.17) is 13.9 Å². The van der Waals surface area contributed by atoms with Gasteiger partial charge in [-0.3, -0.25) is 14.5 Å². The first kappa shape index (κ1) is 26.8. The minimum atomic E-state index is -0.716. The van der Waals surface area contributed by atoms with Crippen LogP contribution in [-0.4, -0.2) is 12.5 Å². The lowest BCUT2D eigenvalue weighted by molar-refractivity contribution is 0.0971. The molecule has 0 radical (unpaired) electrons. The SMILES string of the molecule is CCOc1cc(C2c3c(oc4ccc(Br)cc4c3=O)C(=O)N2c2ccc(CC)cc2)ccc1OCc1ccccc1. The van der Waals surface area contributed by atoms with Crippen molar-refractivity contribution in [1.29, 1.82) is 0 Å². The van der Waals surface area contributed by atoms with Crippen molar-refractivity contribution in [2.45, 2.75) is 32.9 Å². The number of hydrogen-bond acceptors (Lipinski definition) is 5. The largest absolute Gasteiger partial charge is 0.490 e. The molecule has 206 valence electrons. The minimum absolute atomic E-state index is 0.0526. The number of amides is 1. The summed E-state index contributed by atoms with van der Waals surface area (Å²) < 4.78 is 19.0. The highest BCUT2D eigenvalue weighted by Crippen LogP contribution is 2.43. The molecule has 0 bridgehead atoms. The molecule has 0 saturated carbocycles. The van der Waals surface area contributed by atoms with Crippen molar-refractivity contribution in [3.05, 3.63) is 134 Å². The number of rotatable bonds is 8. The second-order valence-electron chi connectivity index (χ2n) is 9.83. The van der Waals surface area contributed by atoms with Crippen LogP contribution in [-0.2, 0) is 13.0 Å². The molecule has 4 aromatic carbocycles. The number of benzene rings is 4. The number of carbonyl (C=O) groups is 1. The summed E-state index contributed by atoms with van der Waals surface area (Å²) in [5.74, 6) is 0.809. The highest BCUT2D eigenvalue weighted by molar-refractivity contribution is 9.10. The molecule has 0 saturated heterocycles. The van der Waals surface area contributed by atoms with Gasteiger partial charge in [0.25, 0.3) is 5.91 Å². The van der Waals surface area contributed by atoms with Gasteiger partial charge in [0, 0.05) is 10.2 Å². The number of aryl methyl sites for hydroxylation is 1. The number of nitrogens with zero attached hydrogens (tertiary/aromatic N) is 1. The zero-order valence-corrected chi connectivity index (χ0v) is 24.3. The van der Waals surface area contributed by atoms with Crippen molar-refractivity contribution >= 4 is 38.5 Å². The van der Waals surface area contributed by atoms with Gasteiger partial charge in [0.15, 0.2) is 16.9 Å². The molecular weight excluding hydrogens is 582 g/mol. The summed E-state index contributed by atoms with van der Waals surface area (Å²) in [6, 6.07) is 27.8. The predicted octanol–water partition coefficient (Wildman–Crippen LogP) is 7.85. The average Bonchev–Trinajstić information content (AvgIpc) is 3.29. The lowest BCUT2D eigenvalue weighted by atomic mass is 9.97. The van der Waals surface area contributed by atoms with Crippen LogP contribution >= 0.6 is 15.9 Å². The summed E-state index contributed by atoms with van der Waals surface area (Å²) in [5.41, 5.74) is 4.01. The zero-order valence-electron chi connectivity index (χ0n) is 22.7. The third-order valence-corrected chi connectivity index (χ3v) is 7.77. The Bertz CT molecular complexity index is 1800. The van der Waals surface area contributed by atoms with Gasteiger partial charge in [0.2, 0.25) is 5.76 Å². The molecule has 1 aliphatic rings. The highest BCUT2D eigenvalue weighted by Gasteiger charge is 2.44. The molecule has 0 aliphatic carbocycles. The quantitative estimate of drug-likeness (QED) is 0.179. The van der Waals surface area contributed by atoms with Gasteiger partial charge in [-0.25, -0.2) is 0 Å². The van der Waals surface area contributed by atoms with Crippen LogP contribution in [0.4, 0.5) is 5.69 Å². The van der Waals surface area contributed by atoms with Gasteiger partial charge < -0.3 is 13.9 Å². The fourth-order valence-corrected chi connectivity index (χ4v) is 5.60. The van der Waals surface area contributed by atoms with E-state index in [2.05, 4.69) is 22.9 Å². The molecular formula is C34H28BrNO5. The highest BCUT2D eigenvalue weighted by atomic mass is 79.9. The third kappa shape index (κ3) is 5.02. The van der Waals surface area contributed by atoms with Gasteiger partial charge in [0.1, 0.15) is 12.2 Å². The summed E-state index contributed by atoms with van der Waals surface area (Å²) in [7, 11) is 0. The van der Waals surface area contributed by atoms with E-state index >= 15 is 0 Å². The minimum Gasteiger partial charge on any atom is -0.490 e. The maximum absolute atomic E-state index is 14.0. The van der Waals surface area contributed by atoms with Crippen molar-refractivity contribution in [3.8, 4) is 11.5 Å². The number of anilines is 1. The van der Waals surface area contributed by atoms with Crippen molar-refractivity contribution in [2.75, 3.05) is 11.5 Å². The lowest BCUT2D eigenvalue weighted by Gasteiger charge is -2.26. The standard InChI is InChI=1S/C34H28BrNO5/c1-3-21-10-14-25(15-11-21)36-31(30-32(37)26-19-24(35)13-17-27(26)41-33(30)34(36)38)23-12-16-28(29(18-23)39-4-2)40-20-22-8-6-5-7-9-22/h5-19,31H,3-4,20H2,1-2H3. The average molecular weight is 611 g/mol. The van der Waals surface area contributed by atoms with Gasteiger partial charge in [-0.05, 0) is 72.5 Å². The van der Waals surface area contributed by atoms with Gasteiger partial charge in [0.05, 0.1) is 23.6 Å². The fourth-order valence-electron chi connectivity index (χ4n) is 5.24. The Hall–Kier alpha value is -4.36. The van der Waals surface area contributed by atoms with Crippen LogP contribution in [0, 0.1) is 0 Å². The Morgan fingerprint density at radius 2 is 1.61 bits per heavy atom. The first-order valence-corrected chi connectivity index (χ1v) is 14.4. The molecule has 2 heterocycles. The molecule has 7 heteroatoms. The smallest absolute Gasteiger partial charge is 0.295 e. The molecule has 1 atom stereocenters. The van der Waals surface area contributed by atoms with Crippen LogP contribution in [0.5, 0.6) is 11.5 Å². The van der Waals surface area contributed by atoms with E-state index in [1.54, 1.807) is 23.1 Å². The molecule has 1 amide bonds. The van der Waals surface area contributed by atoms with Crippen molar-refractivity contribution < 1.29 is 18.7 Å². The lowest BCUT2D eigenvalue weighted by Crippen LogP contribution is -2.29. The Balaban J connectivity index is 1.50. The van der Waals surface area contributed by atoms with Crippen LogP contribution in [0.2, 0.25) is 0 Å². The molecule has 41 heavy (non-hydrogen) atoms. The number of fused-ring (bicyclic) bond motifs is 2. The summed E-state index contributed by atoms with van der Waals surface area (Å²) in [6.07, 6.45) is 0.875. The van der Waals surface area contributed by atoms with E-state index in [1.807, 2.05) is 79.7 Å². The van der Waals surface area contributed by atoms with E-state index in [-0.39, 0.29) is 17.1 Å². The summed E-state index contributed by atoms with van der Waals surface area (Å²) in [4.78, 5) is 29.6. The second kappa shape index (κ2) is 11.3. The van der Waals surface area contributed by atoms with Crippen molar-refractivity contribution in [1.82, 2.24) is 0 Å². The molecule has 1 aromatic heterocycles. The summed E-state index contributed by atoms with van der Waals surface area (Å²) in [5, 5.41) is 0.409. The molecule has 0 fully saturated rings. The van der Waals surface area contributed by atoms with Crippen LogP contribution in [0.15, 0.2) is 105 Å². The van der Waals surface area contributed by atoms with Crippen LogP contribution < -0.4 is 19.8 Å². The first-order valence-electron chi connectivity index (χ1n) is 13.6. The van der Waals surface area contributed by atoms with Crippen molar-refractivity contribution in [2.24, 2.45) is 0 Å². The van der Waals surface area contributed by atoms with Crippen LogP contribution in [0.25, 0.3) is 11.0 Å².